The fraction of sp³-hybridized carbons (Fsp3) is 0.118. The van der Waals surface area contributed by atoms with Gasteiger partial charge >= 0.3 is 12.2 Å². The molecule has 0 saturated carbocycles. The second kappa shape index (κ2) is 6.58. The van der Waals surface area contributed by atoms with Crippen LogP contribution in [0.1, 0.15) is 10.4 Å². The fourth-order valence-electron chi connectivity index (χ4n) is 2.56. The third-order valence-electron chi connectivity index (χ3n) is 3.85. The summed E-state index contributed by atoms with van der Waals surface area (Å²) in [5, 5.41) is 3.30. The summed E-state index contributed by atoms with van der Waals surface area (Å²) in [7, 11) is 0. The van der Waals surface area contributed by atoms with Crippen LogP contribution in [-0.2, 0) is 4.79 Å². The second-order valence-corrected chi connectivity index (χ2v) is 6.05. The molecule has 27 heavy (non-hydrogen) atoms. The van der Waals surface area contributed by atoms with Crippen LogP contribution in [-0.4, -0.2) is 29.7 Å². The van der Waals surface area contributed by atoms with E-state index in [4.69, 9.17) is 11.6 Å². The van der Waals surface area contributed by atoms with Crippen molar-refractivity contribution in [2.24, 2.45) is 0 Å². The van der Waals surface area contributed by atoms with Crippen molar-refractivity contribution in [1.82, 2.24) is 10.6 Å². The molecule has 4 amide bonds. The minimum atomic E-state index is -5.29. The average molecular weight is 398 g/mol. The van der Waals surface area contributed by atoms with Gasteiger partial charge in [0, 0.05) is 10.6 Å². The maximum atomic E-state index is 13.8. The van der Waals surface area contributed by atoms with Crippen molar-refractivity contribution in [3.63, 3.8) is 0 Å². The Morgan fingerprint density at radius 1 is 1.07 bits per heavy atom. The molecule has 0 radical (unpaired) electrons. The maximum Gasteiger partial charge on any atom is 0.440 e. The van der Waals surface area contributed by atoms with E-state index in [0.717, 1.165) is 6.07 Å². The second-order valence-electron chi connectivity index (χ2n) is 5.62. The summed E-state index contributed by atoms with van der Waals surface area (Å²) >= 11 is 5.78. The minimum Gasteiger partial charge on any atom is -0.314 e. The molecule has 10 heteroatoms. The molecule has 1 saturated heterocycles. The molecule has 2 aromatic carbocycles. The Morgan fingerprint density at radius 2 is 1.74 bits per heavy atom. The van der Waals surface area contributed by atoms with Crippen LogP contribution in [0.4, 0.5) is 23.7 Å². The van der Waals surface area contributed by atoms with Gasteiger partial charge in [0.2, 0.25) is 0 Å². The fourth-order valence-corrected chi connectivity index (χ4v) is 2.74. The van der Waals surface area contributed by atoms with Gasteiger partial charge in [0.15, 0.2) is 0 Å². The van der Waals surface area contributed by atoms with Gasteiger partial charge in [0.25, 0.3) is 17.5 Å². The number of carbonyl (C=O) groups excluding carboxylic acids is 3. The van der Waals surface area contributed by atoms with Crippen LogP contribution in [0, 0.1) is 0 Å². The minimum absolute atomic E-state index is 0.107. The molecule has 6 nitrogen and oxygen atoms in total. The number of imide groups is 1. The molecule has 0 bridgehead atoms. The number of anilines is 1. The Labute approximate surface area is 155 Å². The van der Waals surface area contributed by atoms with Crippen molar-refractivity contribution in [3.05, 3.63) is 65.2 Å². The molecule has 1 heterocycles. The van der Waals surface area contributed by atoms with Gasteiger partial charge < -0.3 is 5.32 Å². The van der Waals surface area contributed by atoms with Gasteiger partial charge in [0.1, 0.15) is 0 Å². The average Bonchev–Trinajstić information content (AvgIpc) is 2.86. The third kappa shape index (κ3) is 3.21. The first-order chi connectivity index (χ1) is 12.7. The monoisotopic (exact) mass is 397 g/mol. The van der Waals surface area contributed by atoms with Crippen molar-refractivity contribution >= 4 is 35.1 Å². The molecule has 0 aliphatic carbocycles. The highest BCUT2D eigenvalue weighted by molar-refractivity contribution is 6.31. The summed E-state index contributed by atoms with van der Waals surface area (Å²) in [5.74, 6) is -2.86. The number of urea groups is 1. The Kier molecular flexibility index (Phi) is 4.56. The summed E-state index contributed by atoms with van der Waals surface area (Å²) in [6, 6.07) is 10.9. The number of nitrogens with zero attached hydrogens (tertiary/aromatic N) is 1. The summed E-state index contributed by atoms with van der Waals surface area (Å²) < 4.78 is 41.3. The number of amides is 4. The largest absolute Gasteiger partial charge is 0.440 e. The molecule has 1 aliphatic rings. The standard InChI is InChI=1S/C17H11ClF3N3O3/c18-11-7-4-8-12(9-11)24-14(26)16(17(19,20)21,23-15(24)27)22-13(25)10-5-2-1-3-6-10/h1-9H,(H,22,25)(H,23,27). The van der Waals surface area contributed by atoms with E-state index >= 15 is 0 Å². The number of rotatable bonds is 3. The molecule has 0 aromatic heterocycles. The number of alkyl halides is 3. The Morgan fingerprint density at radius 3 is 2.33 bits per heavy atom. The number of benzene rings is 2. The van der Waals surface area contributed by atoms with E-state index in [0.29, 0.717) is 0 Å². The van der Waals surface area contributed by atoms with E-state index in [2.05, 4.69) is 0 Å². The predicted octanol–water partition coefficient (Wildman–Crippen LogP) is 3.08. The van der Waals surface area contributed by atoms with E-state index in [1.807, 2.05) is 0 Å². The molecular weight excluding hydrogens is 387 g/mol. The van der Waals surface area contributed by atoms with Crippen LogP contribution in [0.15, 0.2) is 54.6 Å². The Bertz CT molecular complexity index is 920. The molecule has 2 N–H and O–H groups in total. The predicted molar refractivity (Wildman–Crippen MR) is 90.2 cm³/mol. The number of hydrogen-bond donors (Lipinski definition) is 2. The van der Waals surface area contributed by atoms with Gasteiger partial charge in [-0.1, -0.05) is 35.9 Å². The van der Waals surface area contributed by atoms with Gasteiger partial charge in [0.05, 0.1) is 5.69 Å². The van der Waals surface area contributed by atoms with Gasteiger partial charge in [-0.3, -0.25) is 14.9 Å². The van der Waals surface area contributed by atoms with Gasteiger partial charge in [-0.15, -0.1) is 0 Å². The lowest BCUT2D eigenvalue weighted by Crippen LogP contribution is -2.69. The quantitative estimate of drug-likeness (QED) is 0.781. The molecule has 1 unspecified atom stereocenters. The first-order valence-corrected chi connectivity index (χ1v) is 7.90. The lowest BCUT2D eigenvalue weighted by molar-refractivity contribution is -0.197. The highest BCUT2D eigenvalue weighted by atomic mass is 35.5. The highest BCUT2D eigenvalue weighted by Gasteiger charge is 2.69. The van der Waals surface area contributed by atoms with Crippen LogP contribution in [0.3, 0.4) is 0 Å². The van der Waals surface area contributed by atoms with Gasteiger partial charge in [-0.25, -0.2) is 9.69 Å². The van der Waals surface area contributed by atoms with Crippen LogP contribution in [0.2, 0.25) is 5.02 Å². The van der Waals surface area contributed by atoms with Crippen LogP contribution < -0.4 is 15.5 Å². The summed E-state index contributed by atoms with van der Waals surface area (Å²) in [6.45, 7) is 0. The number of carbonyl (C=O) groups is 3. The molecule has 1 atom stereocenters. The molecule has 1 aliphatic heterocycles. The SMILES string of the molecule is O=C(NC1(C(F)(F)F)NC(=O)N(c2cccc(Cl)c2)C1=O)c1ccccc1. The van der Waals surface area contributed by atoms with Crippen molar-refractivity contribution in [2.45, 2.75) is 11.8 Å². The van der Waals surface area contributed by atoms with Crippen molar-refractivity contribution in [3.8, 4) is 0 Å². The van der Waals surface area contributed by atoms with E-state index in [9.17, 15) is 27.6 Å². The smallest absolute Gasteiger partial charge is 0.314 e. The van der Waals surface area contributed by atoms with E-state index in [1.165, 1.54) is 42.5 Å². The van der Waals surface area contributed by atoms with Crippen molar-refractivity contribution < 1.29 is 27.6 Å². The molecular formula is C17H11ClF3N3O3. The van der Waals surface area contributed by atoms with Gasteiger partial charge in [-0.2, -0.15) is 13.2 Å². The number of nitrogens with one attached hydrogen (secondary N) is 2. The first kappa shape index (κ1) is 18.7. The number of halogens is 4. The Hall–Kier alpha value is -3.07. The third-order valence-corrected chi connectivity index (χ3v) is 4.09. The summed E-state index contributed by atoms with van der Waals surface area (Å²) in [4.78, 5) is 37.3. The highest BCUT2D eigenvalue weighted by Crippen LogP contribution is 2.36. The van der Waals surface area contributed by atoms with E-state index in [-0.39, 0.29) is 21.2 Å². The molecule has 2 aromatic rings. The van der Waals surface area contributed by atoms with E-state index in [1.54, 1.807) is 16.7 Å². The number of hydrogen-bond acceptors (Lipinski definition) is 3. The van der Waals surface area contributed by atoms with Crippen molar-refractivity contribution in [2.75, 3.05) is 4.90 Å². The van der Waals surface area contributed by atoms with Crippen LogP contribution in [0.5, 0.6) is 0 Å². The zero-order valence-corrected chi connectivity index (χ0v) is 14.1. The summed E-state index contributed by atoms with van der Waals surface area (Å²) in [6.07, 6.45) is -5.29. The van der Waals surface area contributed by atoms with Gasteiger partial charge in [-0.05, 0) is 30.3 Å². The lowest BCUT2D eigenvalue weighted by atomic mass is 10.1. The molecule has 1 fully saturated rings. The molecule has 0 spiro atoms. The zero-order valence-electron chi connectivity index (χ0n) is 13.4. The maximum absolute atomic E-state index is 13.8. The zero-order chi connectivity index (χ0) is 19.8. The topological polar surface area (TPSA) is 78.5 Å². The molecule has 3 rings (SSSR count). The van der Waals surface area contributed by atoms with Crippen LogP contribution in [0.25, 0.3) is 0 Å². The van der Waals surface area contributed by atoms with Crippen LogP contribution >= 0.6 is 11.6 Å². The Balaban J connectivity index is 2.02. The normalized spacial score (nSPS) is 19.8. The summed E-state index contributed by atoms with van der Waals surface area (Å²) in [5.41, 5.74) is -3.87. The van der Waals surface area contributed by atoms with Crippen molar-refractivity contribution in [1.29, 1.82) is 0 Å². The lowest BCUT2D eigenvalue weighted by Gasteiger charge is -2.29. The first-order valence-electron chi connectivity index (χ1n) is 7.52. The van der Waals surface area contributed by atoms with E-state index < -0.39 is 29.7 Å². The molecule has 140 valence electrons.